The van der Waals surface area contributed by atoms with E-state index in [1.807, 2.05) is 12.3 Å². The topological polar surface area (TPSA) is 94.5 Å². The summed E-state index contributed by atoms with van der Waals surface area (Å²) in [7, 11) is 2.15. The predicted octanol–water partition coefficient (Wildman–Crippen LogP) is 4.21. The maximum absolute atomic E-state index is 13.5. The molecule has 0 amide bonds. The van der Waals surface area contributed by atoms with Gasteiger partial charge in [0.15, 0.2) is 5.13 Å². The Bertz CT molecular complexity index is 1080. The molecule has 3 heterocycles. The summed E-state index contributed by atoms with van der Waals surface area (Å²) in [6, 6.07) is 8.95. The van der Waals surface area contributed by atoms with E-state index in [0.29, 0.717) is 12.0 Å². The molecule has 1 saturated heterocycles. The standard InChI is InChI=1S/C23H27FN6S.CH2O2/c1-29-12-14-30(15-13-29)23-28-20(16-6-8-17(24)9-7-16)21(31-23)19-10-11-25-22(27-19)26-18-4-2-3-5-18;2-1-3/h6-11,18H,2-5,12-15H2,1H3,(H,25,26,27);1H,(H,2,3). The molecule has 1 aliphatic heterocycles. The fraction of sp³-hybridized carbons (Fsp3) is 0.417. The molecule has 2 N–H and O–H groups in total. The average molecular weight is 485 g/mol. The molecule has 0 atom stereocenters. The Morgan fingerprint density at radius 2 is 1.76 bits per heavy atom. The number of rotatable bonds is 5. The van der Waals surface area contributed by atoms with Gasteiger partial charge in [-0.3, -0.25) is 4.79 Å². The highest BCUT2D eigenvalue weighted by Crippen LogP contribution is 2.40. The first-order valence-corrected chi connectivity index (χ1v) is 12.3. The molecule has 5 rings (SSSR count). The number of hydrogen-bond donors (Lipinski definition) is 2. The van der Waals surface area contributed by atoms with E-state index in [-0.39, 0.29) is 12.3 Å². The first-order chi connectivity index (χ1) is 16.6. The largest absolute Gasteiger partial charge is 0.483 e. The Morgan fingerprint density at radius 1 is 1.09 bits per heavy atom. The van der Waals surface area contributed by atoms with E-state index in [9.17, 15) is 4.39 Å². The SMILES string of the molecule is CN1CCN(c2nc(-c3ccc(F)cc3)c(-c3ccnc(NC4CCCC4)n3)s2)CC1.O=CO. The van der Waals surface area contributed by atoms with Gasteiger partial charge in [0.25, 0.3) is 6.47 Å². The van der Waals surface area contributed by atoms with E-state index < -0.39 is 0 Å². The van der Waals surface area contributed by atoms with Gasteiger partial charge in [-0.2, -0.15) is 0 Å². The number of anilines is 2. The van der Waals surface area contributed by atoms with Crippen molar-refractivity contribution >= 4 is 28.9 Å². The highest BCUT2D eigenvalue weighted by molar-refractivity contribution is 7.19. The molecule has 0 spiro atoms. The van der Waals surface area contributed by atoms with E-state index in [0.717, 1.165) is 53.1 Å². The predicted molar refractivity (Wildman–Crippen MR) is 133 cm³/mol. The molecule has 180 valence electrons. The van der Waals surface area contributed by atoms with Crippen molar-refractivity contribution in [1.29, 1.82) is 0 Å². The lowest BCUT2D eigenvalue weighted by Crippen LogP contribution is -2.44. The van der Waals surface area contributed by atoms with Gasteiger partial charge in [-0.25, -0.2) is 19.3 Å². The molecular weight excluding hydrogens is 455 g/mol. The quantitative estimate of drug-likeness (QED) is 0.520. The van der Waals surface area contributed by atoms with Crippen molar-refractivity contribution in [3.63, 3.8) is 0 Å². The van der Waals surface area contributed by atoms with Crippen LogP contribution in [0.15, 0.2) is 36.5 Å². The molecule has 3 aromatic rings. The third-order valence-corrected chi connectivity index (χ3v) is 7.22. The van der Waals surface area contributed by atoms with Crippen molar-refractivity contribution in [1.82, 2.24) is 19.9 Å². The van der Waals surface area contributed by atoms with Gasteiger partial charge in [0.05, 0.1) is 16.3 Å². The maximum atomic E-state index is 13.5. The monoisotopic (exact) mass is 484 g/mol. The van der Waals surface area contributed by atoms with Crippen LogP contribution in [-0.2, 0) is 4.79 Å². The minimum absolute atomic E-state index is 0.245. The molecular formula is C24H29FN6O2S. The fourth-order valence-electron chi connectivity index (χ4n) is 4.23. The number of nitrogens with one attached hydrogen (secondary N) is 1. The number of thiazole rings is 1. The molecule has 10 heteroatoms. The number of carbonyl (C=O) groups is 1. The number of benzene rings is 1. The lowest BCUT2D eigenvalue weighted by atomic mass is 10.1. The second-order valence-corrected chi connectivity index (χ2v) is 9.45. The van der Waals surface area contributed by atoms with Gasteiger partial charge < -0.3 is 20.2 Å². The summed E-state index contributed by atoms with van der Waals surface area (Å²) in [5, 5.41) is 11.4. The highest BCUT2D eigenvalue weighted by atomic mass is 32.1. The minimum atomic E-state index is -0.250. The van der Waals surface area contributed by atoms with Crippen LogP contribution in [0.2, 0.25) is 0 Å². The Labute approximate surface area is 202 Å². The molecule has 8 nitrogen and oxygen atoms in total. The number of halogens is 1. The van der Waals surface area contributed by atoms with Gasteiger partial charge in [0.2, 0.25) is 5.95 Å². The normalized spacial score (nSPS) is 16.7. The number of nitrogens with zero attached hydrogens (tertiary/aromatic N) is 5. The summed E-state index contributed by atoms with van der Waals surface area (Å²) in [6.07, 6.45) is 6.67. The first kappa shape index (κ1) is 24.0. The van der Waals surface area contributed by atoms with Gasteiger partial charge >= 0.3 is 0 Å². The fourth-order valence-corrected chi connectivity index (χ4v) is 5.34. The van der Waals surface area contributed by atoms with Crippen LogP contribution in [-0.4, -0.2) is 70.7 Å². The Hall–Kier alpha value is -3.11. The molecule has 2 aromatic heterocycles. The van der Waals surface area contributed by atoms with Crippen LogP contribution in [0, 0.1) is 5.82 Å². The van der Waals surface area contributed by atoms with Crippen LogP contribution in [0.25, 0.3) is 21.8 Å². The number of aromatic nitrogens is 3. The second kappa shape index (κ2) is 11.3. The van der Waals surface area contributed by atoms with Crippen LogP contribution in [0.4, 0.5) is 15.5 Å². The van der Waals surface area contributed by atoms with Crippen LogP contribution >= 0.6 is 11.3 Å². The molecule has 34 heavy (non-hydrogen) atoms. The van der Waals surface area contributed by atoms with E-state index >= 15 is 0 Å². The third-order valence-electron chi connectivity index (χ3n) is 6.08. The van der Waals surface area contributed by atoms with Gasteiger partial charge in [-0.05, 0) is 50.2 Å². The number of likely N-dealkylation sites (N-methyl/N-ethyl adjacent to an activating group) is 1. The molecule has 1 aliphatic carbocycles. The van der Waals surface area contributed by atoms with Gasteiger partial charge in [-0.1, -0.05) is 24.2 Å². The number of piperazine rings is 1. The van der Waals surface area contributed by atoms with Crippen LogP contribution < -0.4 is 10.2 Å². The first-order valence-electron chi connectivity index (χ1n) is 11.5. The molecule has 0 radical (unpaired) electrons. The molecule has 1 aromatic carbocycles. The zero-order valence-corrected chi connectivity index (χ0v) is 20.0. The van der Waals surface area contributed by atoms with E-state index in [4.69, 9.17) is 19.9 Å². The summed E-state index contributed by atoms with van der Waals surface area (Å²) in [4.78, 5) is 28.3. The van der Waals surface area contributed by atoms with Crippen molar-refractivity contribution in [2.24, 2.45) is 0 Å². The lowest BCUT2D eigenvalue weighted by molar-refractivity contribution is -0.122. The smallest absolute Gasteiger partial charge is 0.290 e. The summed E-state index contributed by atoms with van der Waals surface area (Å²) >= 11 is 1.66. The Kier molecular flexibility index (Phi) is 8.02. The minimum Gasteiger partial charge on any atom is -0.483 e. The molecule has 0 unspecified atom stereocenters. The van der Waals surface area contributed by atoms with Crippen molar-refractivity contribution < 1.29 is 14.3 Å². The average Bonchev–Trinajstić information content (AvgIpc) is 3.51. The van der Waals surface area contributed by atoms with E-state index in [2.05, 4.69) is 27.1 Å². The molecule has 0 bridgehead atoms. The molecule has 1 saturated carbocycles. The van der Waals surface area contributed by atoms with Crippen LogP contribution in [0.3, 0.4) is 0 Å². The van der Waals surface area contributed by atoms with E-state index in [1.54, 1.807) is 23.5 Å². The van der Waals surface area contributed by atoms with Gasteiger partial charge in [0, 0.05) is 44.0 Å². The second-order valence-electron chi connectivity index (χ2n) is 8.47. The van der Waals surface area contributed by atoms with E-state index in [1.165, 1.54) is 37.8 Å². The molecule has 2 fully saturated rings. The molecule has 2 aliphatic rings. The highest BCUT2D eigenvalue weighted by Gasteiger charge is 2.23. The summed E-state index contributed by atoms with van der Waals surface area (Å²) in [5.41, 5.74) is 2.61. The maximum Gasteiger partial charge on any atom is 0.290 e. The van der Waals surface area contributed by atoms with Crippen LogP contribution in [0.5, 0.6) is 0 Å². The summed E-state index contributed by atoms with van der Waals surface area (Å²) in [6.45, 7) is 3.68. The number of hydrogen-bond acceptors (Lipinski definition) is 8. The zero-order valence-electron chi connectivity index (χ0n) is 19.2. The van der Waals surface area contributed by atoms with Gasteiger partial charge in [-0.15, -0.1) is 0 Å². The lowest BCUT2D eigenvalue weighted by Gasteiger charge is -2.32. The number of carboxylic acid groups (broad SMARTS) is 1. The van der Waals surface area contributed by atoms with Crippen molar-refractivity contribution in [3.8, 4) is 21.8 Å². The van der Waals surface area contributed by atoms with Crippen LogP contribution in [0.1, 0.15) is 25.7 Å². The van der Waals surface area contributed by atoms with Gasteiger partial charge in [0.1, 0.15) is 5.82 Å². The Balaban J connectivity index is 0.000000868. The summed E-state index contributed by atoms with van der Waals surface area (Å²) in [5.74, 6) is 0.425. The summed E-state index contributed by atoms with van der Waals surface area (Å²) < 4.78 is 13.5. The van der Waals surface area contributed by atoms with Crippen molar-refractivity contribution in [2.75, 3.05) is 43.4 Å². The van der Waals surface area contributed by atoms with Crippen molar-refractivity contribution in [2.45, 2.75) is 31.7 Å². The Morgan fingerprint density at radius 3 is 2.44 bits per heavy atom. The third kappa shape index (κ3) is 5.87. The van der Waals surface area contributed by atoms with Crippen molar-refractivity contribution in [3.05, 3.63) is 42.3 Å². The zero-order chi connectivity index (χ0) is 23.9.